The van der Waals surface area contributed by atoms with Gasteiger partial charge in [0.2, 0.25) is 0 Å². The topological polar surface area (TPSA) is 58.9 Å². The van der Waals surface area contributed by atoms with Gasteiger partial charge in [-0.3, -0.25) is 4.99 Å². The fraction of sp³-hybridized carbons (Fsp3) is 0.333. The molecular weight excluding hydrogens is 261 g/mol. The summed E-state index contributed by atoms with van der Waals surface area (Å²) < 4.78 is 18.5. The van der Waals surface area contributed by atoms with Gasteiger partial charge in [-0.15, -0.1) is 0 Å². The van der Waals surface area contributed by atoms with Crippen LogP contribution in [0.2, 0.25) is 0 Å². The summed E-state index contributed by atoms with van der Waals surface area (Å²) in [7, 11) is 0. The van der Waals surface area contributed by atoms with E-state index in [1.165, 1.54) is 24.4 Å². The maximum Gasteiger partial charge on any atom is 0.343 e. The Labute approximate surface area is 116 Å². The highest BCUT2D eigenvalue weighted by Crippen LogP contribution is 2.24. The predicted octanol–water partition coefficient (Wildman–Crippen LogP) is 2.89. The SMILES string of the molecule is CCOC(=O)C(C=NC1CC1)=C(O)c1ccccc1F. The lowest BCUT2D eigenvalue weighted by molar-refractivity contribution is -0.137. The third-order valence-electron chi connectivity index (χ3n) is 2.84. The van der Waals surface area contributed by atoms with E-state index < -0.39 is 17.5 Å². The summed E-state index contributed by atoms with van der Waals surface area (Å²) in [5, 5.41) is 10.1. The maximum absolute atomic E-state index is 13.7. The number of carbonyl (C=O) groups excluding carboxylic acids is 1. The lowest BCUT2D eigenvalue weighted by Gasteiger charge is -2.07. The normalized spacial score (nSPS) is 16.1. The van der Waals surface area contributed by atoms with Crippen LogP contribution in [-0.2, 0) is 9.53 Å². The molecule has 1 saturated carbocycles. The minimum absolute atomic E-state index is 0.0437. The van der Waals surface area contributed by atoms with Crippen LogP contribution < -0.4 is 0 Å². The highest BCUT2D eigenvalue weighted by molar-refractivity contribution is 6.15. The van der Waals surface area contributed by atoms with Gasteiger partial charge in [-0.05, 0) is 31.9 Å². The molecule has 0 heterocycles. The molecule has 1 N–H and O–H groups in total. The van der Waals surface area contributed by atoms with E-state index in [0.717, 1.165) is 12.8 Å². The van der Waals surface area contributed by atoms with Crippen LogP contribution in [0.15, 0.2) is 34.8 Å². The standard InChI is InChI=1S/C15H16FNO3/c1-2-20-15(19)12(9-17-10-7-8-10)14(18)11-5-3-4-6-13(11)16/h3-6,9-10,18H,2,7-8H2,1H3. The van der Waals surface area contributed by atoms with Gasteiger partial charge in [0.1, 0.15) is 17.1 Å². The molecule has 1 fully saturated rings. The number of hydrogen-bond acceptors (Lipinski definition) is 4. The number of hydrogen-bond donors (Lipinski definition) is 1. The van der Waals surface area contributed by atoms with Gasteiger partial charge in [0.25, 0.3) is 0 Å². The zero-order valence-electron chi connectivity index (χ0n) is 11.2. The molecule has 5 heteroatoms. The third-order valence-corrected chi connectivity index (χ3v) is 2.84. The molecule has 4 nitrogen and oxygen atoms in total. The lowest BCUT2D eigenvalue weighted by Crippen LogP contribution is -2.12. The van der Waals surface area contributed by atoms with Crippen molar-refractivity contribution in [1.29, 1.82) is 0 Å². The number of nitrogens with zero attached hydrogens (tertiary/aromatic N) is 1. The molecular formula is C15H16FNO3. The number of esters is 1. The maximum atomic E-state index is 13.7. The molecule has 106 valence electrons. The van der Waals surface area contributed by atoms with Crippen LogP contribution in [0.25, 0.3) is 5.76 Å². The number of halogens is 1. The number of aliphatic imine (C=N–C) groups is 1. The molecule has 0 saturated heterocycles. The van der Waals surface area contributed by atoms with Gasteiger partial charge < -0.3 is 9.84 Å². The molecule has 0 aliphatic heterocycles. The number of aliphatic hydroxyl groups is 1. The minimum Gasteiger partial charge on any atom is -0.506 e. The van der Waals surface area contributed by atoms with Gasteiger partial charge in [0, 0.05) is 6.21 Å². The van der Waals surface area contributed by atoms with E-state index in [0.29, 0.717) is 0 Å². The van der Waals surface area contributed by atoms with E-state index in [-0.39, 0.29) is 23.8 Å². The fourth-order valence-electron chi connectivity index (χ4n) is 1.62. The van der Waals surface area contributed by atoms with Crippen molar-refractivity contribution in [2.45, 2.75) is 25.8 Å². The molecule has 1 aromatic rings. The van der Waals surface area contributed by atoms with Crippen LogP contribution in [-0.4, -0.2) is 29.9 Å². The first-order chi connectivity index (χ1) is 9.63. The van der Waals surface area contributed by atoms with Crippen molar-refractivity contribution in [3.63, 3.8) is 0 Å². The summed E-state index contributed by atoms with van der Waals surface area (Å²) in [5.41, 5.74) is -0.165. The van der Waals surface area contributed by atoms with Gasteiger partial charge in [0.05, 0.1) is 18.2 Å². The molecule has 1 aliphatic rings. The van der Waals surface area contributed by atoms with Gasteiger partial charge in [0.15, 0.2) is 0 Å². The minimum atomic E-state index is -0.711. The number of rotatable bonds is 5. The quantitative estimate of drug-likeness (QED) is 0.389. The first-order valence-corrected chi connectivity index (χ1v) is 6.52. The summed E-state index contributed by atoms with van der Waals surface area (Å²) in [4.78, 5) is 16.0. The van der Waals surface area contributed by atoms with Gasteiger partial charge in [-0.1, -0.05) is 12.1 Å². The van der Waals surface area contributed by atoms with E-state index in [2.05, 4.69) is 4.99 Å². The first-order valence-electron chi connectivity index (χ1n) is 6.52. The predicted molar refractivity (Wildman–Crippen MR) is 74.1 cm³/mol. The highest BCUT2D eigenvalue weighted by Gasteiger charge is 2.22. The average Bonchev–Trinajstić information content (AvgIpc) is 3.23. The fourth-order valence-corrected chi connectivity index (χ4v) is 1.62. The Kier molecular flexibility index (Phi) is 4.50. The smallest absolute Gasteiger partial charge is 0.343 e. The monoisotopic (exact) mass is 277 g/mol. The van der Waals surface area contributed by atoms with Crippen molar-refractivity contribution in [3.05, 3.63) is 41.2 Å². The Morgan fingerprint density at radius 3 is 2.80 bits per heavy atom. The van der Waals surface area contributed by atoms with Crippen molar-refractivity contribution >= 4 is 17.9 Å². The van der Waals surface area contributed by atoms with Crippen LogP contribution in [0.5, 0.6) is 0 Å². The van der Waals surface area contributed by atoms with E-state index in [1.54, 1.807) is 13.0 Å². The van der Waals surface area contributed by atoms with Crippen LogP contribution in [0, 0.1) is 5.82 Å². The van der Waals surface area contributed by atoms with Crippen LogP contribution in [0.1, 0.15) is 25.3 Å². The third kappa shape index (κ3) is 3.44. The summed E-state index contributed by atoms with van der Waals surface area (Å²) >= 11 is 0. The summed E-state index contributed by atoms with van der Waals surface area (Å²) in [5.74, 6) is -1.77. The van der Waals surface area contributed by atoms with E-state index >= 15 is 0 Å². The molecule has 0 aromatic heterocycles. The first kappa shape index (κ1) is 14.2. The van der Waals surface area contributed by atoms with Gasteiger partial charge in [-0.25, -0.2) is 9.18 Å². The zero-order chi connectivity index (χ0) is 14.5. The Hall–Kier alpha value is -2.17. The Balaban J connectivity index is 2.38. The lowest BCUT2D eigenvalue weighted by atomic mass is 10.1. The summed E-state index contributed by atoms with van der Waals surface area (Å²) in [6, 6.07) is 5.89. The van der Waals surface area contributed by atoms with E-state index in [1.807, 2.05) is 0 Å². The van der Waals surface area contributed by atoms with Crippen molar-refractivity contribution < 1.29 is 19.0 Å². The second-order valence-corrected chi connectivity index (χ2v) is 4.47. The molecule has 0 atom stereocenters. The number of ether oxygens (including phenoxy) is 1. The van der Waals surface area contributed by atoms with Gasteiger partial charge in [-0.2, -0.15) is 0 Å². The second kappa shape index (κ2) is 6.32. The van der Waals surface area contributed by atoms with Crippen LogP contribution in [0.3, 0.4) is 0 Å². The van der Waals surface area contributed by atoms with Crippen LogP contribution >= 0.6 is 0 Å². The van der Waals surface area contributed by atoms with Crippen molar-refractivity contribution in [1.82, 2.24) is 0 Å². The molecule has 0 radical (unpaired) electrons. The van der Waals surface area contributed by atoms with Crippen molar-refractivity contribution in [3.8, 4) is 0 Å². The molecule has 1 aliphatic carbocycles. The molecule has 0 spiro atoms. The molecule has 20 heavy (non-hydrogen) atoms. The number of carbonyl (C=O) groups is 1. The highest BCUT2D eigenvalue weighted by atomic mass is 19.1. The van der Waals surface area contributed by atoms with E-state index in [9.17, 15) is 14.3 Å². The zero-order valence-corrected chi connectivity index (χ0v) is 11.2. The molecule has 2 rings (SSSR count). The van der Waals surface area contributed by atoms with E-state index in [4.69, 9.17) is 4.74 Å². The Bertz CT molecular complexity index is 562. The summed E-state index contributed by atoms with van der Waals surface area (Å²) in [6.07, 6.45) is 3.21. The second-order valence-electron chi connectivity index (χ2n) is 4.47. The van der Waals surface area contributed by atoms with Crippen molar-refractivity contribution in [2.75, 3.05) is 6.61 Å². The molecule has 0 unspecified atom stereocenters. The largest absolute Gasteiger partial charge is 0.506 e. The molecule has 0 bridgehead atoms. The molecule has 0 amide bonds. The Morgan fingerprint density at radius 2 is 2.20 bits per heavy atom. The Morgan fingerprint density at radius 1 is 1.50 bits per heavy atom. The average molecular weight is 277 g/mol. The van der Waals surface area contributed by atoms with Crippen LogP contribution in [0.4, 0.5) is 4.39 Å². The van der Waals surface area contributed by atoms with Crippen molar-refractivity contribution in [2.24, 2.45) is 4.99 Å². The van der Waals surface area contributed by atoms with Gasteiger partial charge >= 0.3 is 5.97 Å². The number of aliphatic hydroxyl groups excluding tert-OH is 1. The summed E-state index contributed by atoms with van der Waals surface area (Å²) in [6.45, 7) is 1.83. The molecule has 1 aromatic carbocycles. The number of benzene rings is 1.